The zero-order chi connectivity index (χ0) is 17.2. The summed E-state index contributed by atoms with van der Waals surface area (Å²) in [5, 5.41) is 6.46. The lowest BCUT2D eigenvalue weighted by molar-refractivity contribution is 0.101. The van der Waals surface area contributed by atoms with Gasteiger partial charge >= 0.3 is 5.69 Å². The number of H-pyrrole nitrogens is 1. The minimum Gasteiger partial charge on any atom is -0.461 e. The molecule has 8 nitrogen and oxygen atoms in total. The van der Waals surface area contributed by atoms with Gasteiger partial charge in [-0.05, 0) is 36.4 Å². The number of rotatable bonds is 4. The van der Waals surface area contributed by atoms with Gasteiger partial charge in [0.2, 0.25) is 5.76 Å². The summed E-state index contributed by atoms with van der Waals surface area (Å²) in [5.74, 6) is 0.457. The molecule has 0 aliphatic carbocycles. The van der Waals surface area contributed by atoms with Gasteiger partial charge in [-0.15, -0.1) is 0 Å². The van der Waals surface area contributed by atoms with E-state index in [1.54, 1.807) is 48.8 Å². The molecule has 0 atom stereocenters. The molecule has 8 heteroatoms. The van der Waals surface area contributed by atoms with Crippen LogP contribution >= 0.6 is 0 Å². The zero-order valence-corrected chi connectivity index (χ0v) is 12.8. The van der Waals surface area contributed by atoms with E-state index in [-0.39, 0.29) is 11.4 Å². The highest BCUT2D eigenvalue weighted by atomic mass is 16.5. The molecule has 0 spiro atoms. The normalized spacial score (nSPS) is 10.7. The largest absolute Gasteiger partial charge is 0.461 e. The van der Waals surface area contributed by atoms with Gasteiger partial charge in [-0.2, -0.15) is 0 Å². The number of aromatic amines is 1. The third-order valence-electron chi connectivity index (χ3n) is 3.56. The van der Waals surface area contributed by atoms with Gasteiger partial charge in [-0.3, -0.25) is 9.36 Å². The first-order valence-electron chi connectivity index (χ1n) is 7.39. The first-order valence-corrected chi connectivity index (χ1v) is 7.39. The molecule has 0 fully saturated rings. The molecule has 0 saturated heterocycles. The average Bonchev–Trinajstić information content (AvgIpc) is 3.36. The van der Waals surface area contributed by atoms with Gasteiger partial charge in [0.25, 0.3) is 5.91 Å². The first kappa shape index (κ1) is 14.8. The summed E-state index contributed by atoms with van der Waals surface area (Å²) in [6.07, 6.45) is 4.69. The predicted molar refractivity (Wildman–Crippen MR) is 88.5 cm³/mol. The van der Waals surface area contributed by atoms with Crippen LogP contribution in [-0.2, 0) is 0 Å². The molecule has 1 amide bonds. The lowest BCUT2D eigenvalue weighted by atomic mass is 10.2. The maximum absolute atomic E-state index is 12.2. The predicted octanol–water partition coefficient (Wildman–Crippen LogP) is 2.67. The van der Waals surface area contributed by atoms with Crippen LogP contribution < -0.4 is 11.0 Å². The highest BCUT2D eigenvalue weighted by molar-refractivity contribution is 6.03. The van der Waals surface area contributed by atoms with Crippen LogP contribution in [0, 0.1) is 0 Å². The van der Waals surface area contributed by atoms with Gasteiger partial charge < -0.3 is 19.2 Å². The molecule has 0 saturated carbocycles. The van der Waals surface area contributed by atoms with E-state index in [4.69, 9.17) is 8.94 Å². The lowest BCUT2D eigenvalue weighted by Crippen LogP contribution is -2.14. The molecule has 0 aliphatic rings. The lowest BCUT2D eigenvalue weighted by Gasteiger charge is -2.05. The molecule has 0 aliphatic heterocycles. The highest BCUT2D eigenvalue weighted by Crippen LogP contribution is 2.21. The molecule has 4 aromatic rings. The molecule has 4 rings (SSSR count). The van der Waals surface area contributed by atoms with E-state index in [9.17, 15) is 9.59 Å². The quantitative estimate of drug-likeness (QED) is 0.596. The van der Waals surface area contributed by atoms with Gasteiger partial charge in [-0.1, -0.05) is 5.16 Å². The number of hydrogen-bond acceptors (Lipinski definition) is 5. The number of aromatic nitrogens is 3. The van der Waals surface area contributed by atoms with Crippen molar-refractivity contribution in [3.05, 3.63) is 77.3 Å². The van der Waals surface area contributed by atoms with Gasteiger partial charge in [0, 0.05) is 24.1 Å². The highest BCUT2D eigenvalue weighted by Gasteiger charge is 2.15. The summed E-state index contributed by atoms with van der Waals surface area (Å²) in [6.45, 7) is 0. The van der Waals surface area contributed by atoms with Crippen molar-refractivity contribution in [2.75, 3.05) is 5.32 Å². The van der Waals surface area contributed by atoms with Gasteiger partial charge in [0.05, 0.1) is 12.0 Å². The van der Waals surface area contributed by atoms with Crippen molar-refractivity contribution in [1.29, 1.82) is 0 Å². The molecule has 25 heavy (non-hydrogen) atoms. The van der Waals surface area contributed by atoms with Crippen molar-refractivity contribution < 1.29 is 13.7 Å². The monoisotopic (exact) mass is 336 g/mol. The van der Waals surface area contributed by atoms with Crippen molar-refractivity contribution in [2.45, 2.75) is 0 Å². The van der Waals surface area contributed by atoms with E-state index in [0.717, 1.165) is 0 Å². The maximum Gasteiger partial charge on any atom is 0.330 e. The van der Waals surface area contributed by atoms with E-state index >= 15 is 0 Å². The molecule has 0 radical (unpaired) electrons. The molecule has 1 aromatic carbocycles. The van der Waals surface area contributed by atoms with Crippen molar-refractivity contribution in [3.63, 3.8) is 0 Å². The maximum atomic E-state index is 12.2. The van der Waals surface area contributed by atoms with E-state index in [2.05, 4.69) is 15.5 Å². The molecular formula is C17H12N4O4. The van der Waals surface area contributed by atoms with E-state index in [0.29, 0.717) is 22.9 Å². The first-order chi connectivity index (χ1) is 12.2. The fourth-order valence-electron chi connectivity index (χ4n) is 2.34. The Morgan fingerprint density at radius 2 is 2.00 bits per heavy atom. The Hall–Kier alpha value is -3.81. The number of carbonyl (C=O) groups excluding carboxylic acids is 1. The Morgan fingerprint density at radius 3 is 2.68 bits per heavy atom. The molecule has 3 heterocycles. The number of hydrogen-bond donors (Lipinski definition) is 2. The Kier molecular flexibility index (Phi) is 3.55. The Bertz CT molecular complexity index is 1050. The Labute approximate surface area is 140 Å². The third-order valence-corrected chi connectivity index (χ3v) is 3.56. The Balaban J connectivity index is 1.49. The number of imidazole rings is 1. The van der Waals surface area contributed by atoms with Crippen LogP contribution in [0.3, 0.4) is 0 Å². The molecule has 0 unspecified atom stereocenters. The number of anilines is 1. The topological polar surface area (TPSA) is 106 Å². The number of benzene rings is 1. The van der Waals surface area contributed by atoms with Crippen molar-refractivity contribution in [3.8, 4) is 17.2 Å². The minimum absolute atomic E-state index is 0.136. The van der Waals surface area contributed by atoms with Crippen LogP contribution in [0.15, 0.2) is 74.9 Å². The number of nitrogens with zero attached hydrogens (tertiary/aromatic N) is 2. The van der Waals surface area contributed by atoms with Crippen LogP contribution in [0.25, 0.3) is 17.2 Å². The van der Waals surface area contributed by atoms with Crippen LogP contribution in [0.5, 0.6) is 0 Å². The number of furan rings is 1. The summed E-state index contributed by atoms with van der Waals surface area (Å²) >= 11 is 0. The fourth-order valence-corrected chi connectivity index (χ4v) is 2.34. The van der Waals surface area contributed by atoms with Crippen molar-refractivity contribution >= 4 is 11.6 Å². The summed E-state index contributed by atoms with van der Waals surface area (Å²) in [7, 11) is 0. The second kappa shape index (κ2) is 6.00. The minimum atomic E-state index is -0.409. The standard InChI is InChI=1S/C17H12N4O4/c22-16(13-10-15(25-20-13)14-2-1-9-24-14)19-11-3-5-12(6-4-11)21-8-7-18-17(21)23/h1-10H,(H,18,23)(H,19,22). The average molecular weight is 336 g/mol. The summed E-state index contributed by atoms with van der Waals surface area (Å²) in [6, 6.07) is 11.8. The van der Waals surface area contributed by atoms with Crippen LogP contribution in [0.1, 0.15) is 10.5 Å². The van der Waals surface area contributed by atoms with Crippen LogP contribution in [0.2, 0.25) is 0 Å². The fraction of sp³-hybridized carbons (Fsp3) is 0. The van der Waals surface area contributed by atoms with Crippen LogP contribution in [0.4, 0.5) is 5.69 Å². The summed E-state index contributed by atoms with van der Waals surface area (Å²) in [5.41, 5.74) is 1.16. The summed E-state index contributed by atoms with van der Waals surface area (Å²) < 4.78 is 11.8. The number of amides is 1. The van der Waals surface area contributed by atoms with Crippen molar-refractivity contribution in [1.82, 2.24) is 14.7 Å². The molecule has 2 N–H and O–H groups in total. The zero-order valence-electron chi connectivity index (χ0n) is 12.8. The second-order valence-corrected chi connectivity index (χ2v) is 5.19. The van der Waals surface area contributed by atoms with Gasteiger partial charge in [0.15, 0.2) is 11.5 Å². The van der Waals surface area contributed by atoms with Gasteiger partial charge in [-0.25, -0.2) is 4.79 Å². The second-order valence-electron chi connectivity index (χ2n) is 5.19. The van der Waals surface area contributed by atoms with Gasteiger partial charge in [0.1, 0.15) is 0 Å². The molecule has 3 aromatic heterocycles. The smallest absolute Gasteiger partial charge is 0.330 e. The third kappa shape index (κ3) is 2.88. The molecular weight excluding hydrogens is 324 g/mol. The summed E-state index contributed by atoms with van der Waals surface area (Å²) in [4.78, 5) is 26.4. The van der Waals surface area contributed by atoms with Crippen molar-refractivity contribution in [2.24, 2.45) is 0 Å². The SMILES string of the molecule is O=C(Nc1ccc(-n2cc[nH]c2=O)cc1)c1cc(-c2ccco2)on1. The Morgan fingerprint density at radius 1 is 1.16 bits per heavy atom. The molecule has 0 bridgehead atoms. The van der Waals surface area contributed by atoms with E-state index in [1.165, 1.54) is 16.9 Å². The van der Waals surface area contributed by atoms with E-state index in [1.807, 2.05) is 0 Å². The van der Waals surface area contributed by atoms with Crippen LogP contribution in [-0.4, -0.2) is 20.6 Å². The van der Waals surface area contributed by atoms with E-state index < -0.39 is 5.91 Å². The number of nitrogens with one attached hydrogen (secondary N) is 2. The molecule has 124 valence electrons. The number of carbonyl (C=O) groups is 1.